The van der Waals surface area contributed by atoms with Crippen LogP contribution in [-0.2, 0) is 0 Å². The standard InChI is InChI=1S/C52H35N5/c1-4-16-36(17-5-1)39-22-13-27-44(33-39)50-54-51(45-28-14-23-40(34-45)37-18-6-2-7-19-37)56-52(55-50)46-29-15-25-42(35-46)41-24-12-26-43(32-41)48-49(38-20-8-3-9-21-38)57-31-11-10-30-47(57)53-48/h1-35H. The van der Waals surface area contributed by atoms with Crippen molar-refractivity contribution in [3.05, 3.63) is 212 Å². The van der Waals surface area contributed by atoms with Crippen molar-refractivity contribution in [2.75, 3.05) is 0 Å². The molecule has 0 amide bonds. The van der Waals surface area contributed by atoms with Crippen LogP contribution in [0.5, 0.6) is 0 Å². The highest BCUT2D eigenvalue weighted by Gasteiger charge is 2.18. The second-order valence-electron chi connectivity index (χ2n) is 14.0. The molecular formula is C52H35N5. The molecule has 0 spiro atoms. The molecule has 0 unspecified atom stereocenters. The molecule has 0 saturated heterocycles. The first-order valence-electron chi connectivity index (χ1n) is 19.1. The Morgan fingerprint density at radius 2 is 0.614 bits per heavy atom. The van der Waals surface area contributed by atoms with Crippen molar-refractivity contribution in [3.8, 4) is 90.1 Å². The Morgan fingerprint density at radius 1 is 0.263 bits per heavy atom. The molecule has 0 aliphatic carbocycles. The Labute approximate surface area is 331 Å². The fourth-order valence-electron chi connectivity index (χ4n) is 7.45. The quantitative estimate of drug-likeness (QED) is 0.156. The second-order valence-corrected chi connectivity index (χ2v) is 14.0. The number of fused-ring (bicyclic) bond motifs is 1. The number of hydrogen-bond donors (Lipinski definition) is 0. The summed E-state index contributed by atoms with van der Waals surface area (Å²) in [6, 6.07) is 71.3. The van der Waals surface area contributed by atoms with E-state index in [0.717, 1.165) is 78.2 Å². The molecule has 0 aliphatic heterocycles. The van der Waals surface area contributed by atoms with Gasteiger partial charge in [-0.15, -0.1) is 0 Å². The lowest BCUT2D eigenvalue weighted by atomic mass is 9.98. The molecule has 3 aromatic heterocycles. The van der Waals surface area contributed by atoms with Gasteiger partial charge in [0.15, 0.2) is 17.5 Å². The third-order valence-corrected chi connectivity index (χ3v) is 10.3. The number of pyridine rings is 1. The summed E-state index contributed by atoms with van der Waals surface area (Å²) in [5.74, 6) is 1.84. The van der Waals surface area contributed by atoms with E-state index in [0.29, 0.717) is 17.5 Å². The van der Waals surface area contributed by atoms with E-state index in [4.69, 9.17) is 19.9 Å². The van der Waals surface area contributed by atoms with Crippen LogP contribution in [0.4, 0.5) is 0 Å². The minimum absolute atomic E-state index is 0.606. The number of benzene rings is 7. The van der Waals surface area contributed by atoms with E-state index in [1.807, 2.05) is 30.3 Å². The highest BCUT2D eigenvalue weighted by atomic mass is 15.0. The Kier molecular flexibility index (Phi) is 8.78. The van der Waals surface area contributed by atoms with Gasteiger partial charge in [0.1, 0.15) is 5.65 Å². The molecule has 3 heterocycles. The molecule has 0 N–H and O–H groups in total. The summed E-state index contributed by atoms with van der Waals surface area (Å²) in [6.45, 7) is 0. The fraction of sp³-hybridized carbons (Fsp3) is 0. The van der Waals surface area contributed by atoms with Crippen LogP contribution in [0.1, 0.15) is 0 Å². The maximum Gasteiger partial charge on any atom is 0.164 e. The molecule has 10 aromatic rings. The summed E-state index contributed by atoms with van der Waals surface area (Å²) in [6.07, 6.45) is 2.08. The van der Waals surface area contributed by atoms with Crippen LogP contribution in [0, 0.1) is 0 Å². The van der Waals surface area contributed by atoms with Gasteiger partial charge in [0.05, 0.1) is 11.4 Å². The number of aromatic nitrogens is 5. The van der Waals surface area contributed by atoms with E-state index in [-0.39, 0.29) is 0 Å². The molecule has 0 atom stereocenters. The number of hydrogen-bond acceptors (Lipinski definition) is 4. The fourth-order valence-corrected chi connectivity index (χ4v) is 7.45. The van der Waals surface area contributed by atoms with Gasteiger partial charge in [0.25, 0.3) is 0 Å². The van der Waals surface area contributed by atoms with Gasteiger partial charge in [-0.05, 0) is 69.8 Å². The van der Waals surface area contributed by atoms with E-state index in [9.17, 15) is 0 Å². The smallest absolute Gasteiger partial charge is 0.164 e. The van der Waals surface area contributed by atoms with Crippen LogP contribution in [0.2, 0.25) is 0 Å². The lowest BCUT2D eigenvalue weighted by molar-refractivity contribution is 1.07. The largest absolute Gasteiger partial charge is 0.299 e. The molecule has 0 saturated carbocycles. The van der Waals surface area contributed by atoms with E-state index >= 15 is 0 Å². The van der Waals surface area contributed by atoms with Crippen LogP contribution < -0.4 is 0 Å². The Morgan fingerprint density at radius 3 is 1.09 bits per heavy atom. The molecule has 5 heteroatoms. The van der Waals surface area contributed by atoms with Crippen LogP contribution in [0.15, 0.2) is 212 Å². The van der Waals surface area contributed by atoms with Crippen molar-refractivity contribution in [1.29, 1.82) is 0 Å². The van der Waals surface area contributed by atoms with E-state index in [2.05, 4.69) is 187 Å². The van der Waals surface area contributed by atoms with Crippen molar-refractivity contribution in [1.82, 2.24) is 24.3 Å². The molecule has 268 valence electrons. The van der Waals surface area contributed by atoms with Gasteiger partial charge >= 0.3 is 0 Å². The maximum absolute atomic E-state index is 5.15. The molecule has 5 nitrogen and oxygen atoms in total. The monoisotopic (exact) mass is 729 g/mol. The molecule has 0 bridgehead atoms. The Balaban J connectivity index is 1.08. The summed E-state index contributed by atoms with van der Waals surface area (Å²) in [5, 5.41) is 0. The predicted octanol–water partition coefficient (Wildman–Crippen LogP) is 12.9. The van der Waals surface area contributed by atoms with Gasteiger partial charge in [-0.1, -0.05) is 170 Å². The number of imidazole rings is 1. The molecule has 57 heavy (non-hydrogen) atoms. The topological polar surface area (TPSA) is 56.0 Å². The zero-order valence-corrected chi connectivity index (χ0v) is 30.9. The van der Waals surface area contributed by atoms with E-state index < -0.39 is 0 Å². The molecular weight excluding hydrogens is 695 g/mol. The van der Waals surface area contributed by atoms with Gasteiger partial charge < -0.3 is 0 Å². The Bertz CT molecular complexity index is 2910. The average molecular weight is 730 g/mol. The van der Waals surface area contributed by atoms with Crippen LogP contribution in [-0.4, -0.2) is 24.3 Å². The van der Waals surface area contributed by atoms with Gasteiger partial charge in [0.2, 0.25) is 0 Å². The number of nitrogens with zero attached hydrogens (tertiary/aromatic N) is 5. The lowest BCUT2D eigenvalue weighted by Gasteiger charge is -2.12. The minimum Gasteiger partial charge on any atom is -0.299 e. The van der Waals surface area contributed by atoms with Crippen molar-refractivity contribution in [2.24, 2.45) is 0 Å². The van der Waals surface area contributed by atoms with Gasteiger partial charge in [-0.3, -0.25) is 4.40 Å². The normalized spacial score (nSPS) is 11.2. The average Bonchev–Trinajstić information content (AvgIpc) is 3.70. The van der Waals surface area contributed by atoms with E-state index in [1.54, 1.807) is 0 Å². The highest BCUT2D eigenvalue weighted by molar-refractivity contribution is 5.85. The first-order chi connectivity index (χ1) is 28.2. The van der Waals surface area contributed by atoms with Gasteiger partial charge in [0, 0.05) is 34.0 Å². The maximum atomic E-state index is 5.15. The third kappa shape index (κ3) is 6.79. The van der Waals surface area contributed by atoms with Crippen molar-refractivity contribution < 1.29 is 0 Å². The molecule has 7 aromatic carbocycles. The van der Waals surface area contributed by atoms with Crippen LogP contribution >= 0.6 is 0 Å². The molecule has 0 radical (unpaired) electrons. The van der Waals surface area contributed by atoms with E-state index in [1.165, 1.54) is 0 Å². The van der Waals surface area contributed by atoms with Crippen molar-refractivity contribution in [2.45, 2.75) is 0 Å². The number of rotatable bonds is 8. The first kappa shape index (κ1) is 33.8. The van der Waals surface area contributed by atoms with Crippen LogP contribution in [0.25, 0.3) is 95.7 Å². The summed E-state index contributed by atoms with van der Waals surface area (Å²) in [5.41, 5.74) is 14.4. The van der Waals surface area contributed by atoms with Gasteiger partial charge in [-0.25, -0.2) is 19.9 Å². The highest BCUT2D eigenvalue weighted by Crippen LogP contribution is 2.36. The SMILES string of the molecule is c1ccc(-c2cccc(-c3nc(-c4cccc(-c5ccccc5)c4)nc(-c4cccc(-c5cccc(-c6nc7ccccn7c6-c6ccccc6)c5)c4)n3)c2)cc1. The molecule has 10 rings (SSSR count). The van der Waals surface area contributed by atoms with Crippen LogP contribution in [0.3, 0.4) is 0 Å². The minimum atomic E-state index is 0.606. The zero-order chi connectivity index (χ0) is 38.0. The molecule has 0 aliphatic rings. The first-order valence-corrected chi connectivity index (χ1v) is 19.1. The molecule has 0 fully saturated rings. The zero-order valence-electron chi connectivity index (χ0n) is 30.9. The summed E-state index contributed by atoms with van der Waals surface area (Å²) < 4.78 is 2.17. The summed E-state index contributed by atoms with van der Waals surface area (Å²) in [4.78, 5) is 20.5. The van der Waals surface area contributed by atoms with Crippen molar-refractivity contribution in [3.63, 3.8) is 0 Å². The lowest BCUT2D eigenvalue weighted by Crippen LogP contribution is -2.00. The Hall–Kier alpha value is -7.76. The second kappa shape index (κ2) is 14.8. The third-order valence-electron chi connectivity index (χ3n) is 10.3. The summed E-state index contributed by atoms with van der Waals surface area (Å²) >= 11 is 0. The van der Waals surface area contributed by atoms with Gasteiger partial charge in [-0.2, -0.15) is 0 Å². The summed E-state index contributed by atoms with van der Waals surface area (Å²) in [7, 11) is 0. The van der Waals surface area contributed by atoms with Crippen molar-refractivity contribution >= 4 is 5.65 Å². The predicted molar refractivity (Wildman–Crippen MR) is 232 cm³/mol.